The highest BCUT2D eigenvalue weighted by Gasteiger charge is 1.94. The first-order valence-electron chi connectivity index (χ1n) is 2.34. The van der Waals surface area contributed by atoms with Crippen molar-refractivity contribution in [2.24, 2.45) is 0 Å². The van der Waals surface area contributed by atoms with E-state index in [0.29, 0.717) is 5.69 Å². The lowest BCUT2D eigenvalue weighted by atomic mass is 10.4. The topological polar surface area (TPSA) is 46.0 Å². The van der Waals surface area contributed by atoms with Crippen molar-refractivity contribution in [3.8, 4) is 5.88 Å². The van der Waals surface area contributed by atoms with Gasteiger partial charge in [-0.15, -0.1) is 12.6 Å². The number of hydrogen-bond donors (Lipinski definition) is 2. The van der Waals surface area contributed by atoms with E-state index < -0.39 is 0 Å². The van der Waals surface area contributed by atoms with Gasteiger partial charge in [0, 0.05) is 0 Å². The molecule has 0 aromatic carbocycles. The third kappa shape index (κ3) is 1.57. The second-order valence-corrected chi connectivity index (χ2v) is 1.96. The number of nitrogens with zero attached hydrogens (tertiary/aromatic N) is 2. The van der Waals surface area contributed by atoms with E-state index in [4.69, 9.17) is 5.11 Å². The molecule has 1 radical (unpaired) electrons. The van der Waals surface area contributed by atoms with Crippen molar-refractivity contribution in [1.29, 1.82) is 0 Å². The van der Waals surface area contributed by atoms with Crippen LogP contribution in [0.15, 0.2) is 5.16 Å². The third-order valence-electron chi connectivity index (χ3n) is 0.766. The number of hydrogen-bond acceptors (Lipinski definition) is 4. The van der Waals surface area contributed by atoms with Crippen LogP contribution in [0.4, 0.5) is 0 Å². The van der Waals surface area contributed by atoms with E-state index in [1.165, 1.54) is 0 Å². The average molecular weight is 141 g/mol. The first-order valence-corrected chi connectivity index (χ1v) is 2.79. The highest BCUT2D eigenvalue weighted by molar-refractivity contribution is 7.80. The summed E-state index contributed by atoms with van der Waals surface area (Å²) in [5, 5.41) is 9.01. The lowest BCUT2D eigenvalue weighted by molar-refractivity contribution is 0.443. The Kier molecular flexibility index (Phi) is 1.57. The maximum Gasteiger partial charge on any atom is 0.223 e. The SMILES string of the molecule is Cc1[c]c(O)nc(S)n1. The van der Waals surface area contributed by atoms with Crippen LogP contribution >= 0.6 is 12.6 Å². The van der Waals surface area contributed by atoms with Gasteiger partial charge in [0.2, 0.25) is 5.88 Å². The highest BCUT2D eigenvalue weighted by Crippen LogP contribution is 2.06. The molecule has 0 saturated heterocycles. The van der Waals surface area contributed by atoms with Crippen LogP contribution in [0.3, 0.4) is 0 Å². The number of rotatable bonds is 0. The normalized spacial score (nSPS) is 9.56. The van der Waals surface area contributed by atoms with Crippen molar-refractivity contribution in [1.82, 2.24) is 9.97 Å². The van der Waals surface area contributed by atoms with Crippen molar-refractivity contribution in [2.45, 2.75) is 12.1 Å². The van der Waals surface area contributed by atoms with Crippen LogP contribution in [0.2, 0.25) is 0 Å². The summed E-state index contributed by atoms with van der Waals surface area (Å²) >= 11 is 3.82. The molecule has 0 amide bonds. The van der Waals surface area contributed by atoms with Crippen LogP contribution < -0.4 is 0 Å². The van der Waals surface area contributed by atoms with E-state index in [1.807, 2.05) is 0 Å². The fourth-order valence-electron chi connectivity index (χ4n) is 0.487. The lowest BCUT2D eigenvalue weighted by Crippen LogP contribution is -1.86. The molecule has 0 aliphatic rings. The Hall–Kier alpha value is -0.770. The van der Waals surface area contributed by atoms with Crippen LogP contribution in [0, 0.1) is 13.0 Å². The standard InChI is InChI=1S/C5H5N2OS/c1-3-2-4(8)7-5(9)6-3/h1H3,(H2,6,7,8,9). The van der Waals surface area contributed by atoms with Gasteiger partial charge in [-0.3, -0.25) is 0 Å². The molecule has 0 saturated carbocycles. The molecule has 1 aromatic rings. The lowest BCUT2D eigenvalue weighted by Gasteiger charge is -1.92. The number of aryl methyl sites for hydroxylation is 1. The fourth-order valence-corrected chi connectivity index (χ4v) is 0.732. The monoisotopic (exact) mass is 141 g/mol. The summed E-state index contributed by atoms with van der Waals surface area (Å²) in [4.78, 5) is 7.26. The highest BCUT2D eigenvalue weighted by atomic mass is 32.1. The molecule has 47 valence electrons. The molecule has 1 N–H and O–H groups in total. The van der Waals surface area contributed by atoms with Gasteiger partial charge in [0.05, 0.1) is 11.8 Å². The second-order valence-electron chi connectivity index (χ2n) is 1.56. The molecule has 0 aliphatic carbocycles. The van der Waals surface area contributed by atoms with Crippen molar-refractivity contribution >= 4 is 12.6 Å². The van der Waals surface area contributed by atoms with Crippen molar-refractivity contribution in [2.75, 3.05) is 0 Å². The molecule has 0 atom stereocenters. The summed E-state index contributed by atoms with van der Waals surface area (Å²) in [6.45, 7) is 1.71. The van der Waals surface area contributed by atoms with Gasteiger partial charge in [-0.1, -0.05) is 0 Å². The third-order valence-corrected chi connectivity index (χ3v) is 0.966. The zero-order valence-corrected chi connectivity index (χ0v) is 5.68. The minimum Gasteiger partial charge on any atom is -0.493 e. The Balaban J connectivity index is 3.17. The molecule has 0 bridgehead atoms. The van der Waals surface area contributed by atoms with E-state index in [2.05, 4.69) is 28.7 Å². The van der Waals surface area contributed by atoms with Crippen LogP contribution in [0.1, 0.15) is 5.69 Å². The van der Waals surface area contributed by atoms with Gasteiger partial charge < -0.3 is 5.11 Å². The van der Waals surface area contributed by atoms with Gasteiger partial charge in [-0.25, -0.2) is 4.98 Å². The van der Waals surface area contributed by atoms with Gasteiger partial charge in [0.25, 0.3) is 0 Å². The molecule has 0 aliphatic heterocycles. The maximum atomic E-state index is 8.74. The van der Waals surface area contributed by atoms with Crippen molar-refractivity contribution < 1.29 is 5.11 Å². The summed E-state index contributed by atoms with van der Waals surface area (Å²) in [6.07, 6.45) is 0. The number of aromatic hydroxyl groups is 1. The van der Waals surface area contributed by atoms with E-state index in [-0.39, 0.29) is 11.0 Å². The summed E-state index contributed by atoms with van der Waals surface area (Å²) in [6, 6.07) is 2.50. The Bertz CT molecular complexity index is 176. The van der Waals surface area contributed by atoms with Gasteiger partial charge in [0.15, 0.2) is 5.16 Å². The molecule has 9 heavy (non-hydrogen) atoms. The minimum absolute atomic E-state index is 0.160. The second kappa shape index (κ2) is 2.23. The van der Waals surface area contributed by atoms with Crippen molar-refractivity contribution in [3.05, 3.63) is 11.8 Å². The largest absolute Gasteiger partial charge is 0.493 e. The van der Waals surface area contributed by atoms with E-state index in [1.54, 1.807) is 6.92 Å². The molecule has 0 fully saturated rings. The Morgan fingerprint density at radius 2 is 2.22 bits per heavy atom. The van der Waals surface area contributed by atoms with Gasteiger partial charge >= 0.3 is 0 Å². The van der Waals surface area contributed by atoms with Crippen LogP contribution in [-0.2, 0) is 0 Å². The van der Waals surface area contributed by atoms with Gasteiger partial charge in [-0.2, -0.15) is 4.98 Å². The fraction of sp³-hybridized carbons (Fsp3) is 0.200. The van der Waals surface area contributed by atoms with Crippen LogP contribution in [0.25, 0.3) is 0 Å². The smallest absolute Gasteiger partial charge is 0.223 e. The van der Waals surface area contributed by atoms with E-state index >= 15 is 0 Å². The quantitative estimate of drug-likeness (QED) is 0.410. The van der Waals surface area contributed by atoms with Gasteiger partial charge in [0.1, 0.15) is 0 Å². The number of aromatic nitrogens is 2. The predicted octanol–water partition coefficient (Wildman–Crippen LogP) is 0.580. The van der Waals surface area contributed by atoms with Crippen LogP contribution in [-0.4, -0.2) is 15.1 Å². The predicted molar refractivity (Wildman–Crippen MR) is 34.5 cm³/mol. The first-order chi connectivity index (χ1) is 4.18. The summed E-state index contributed by atoms with van der Waals surface area (Å²) in [7, 11) is 0. The molecular formula is C5H5N2OS. The molecule has 0 unspecified atom stereocenters. The minimum atomic E-state index is -0.160. The van der Waals surface area contributed by atoms with Gasteiger partial charge in [-0.05, 0) is 6.92 Å². The zero-order valence-electron chi connectivity index (χ0n) is 4.79. The molecule has 3 nitrogen and oxygen atoms in total. The Morgan fingerprint density at radius 1 is 1.56 bits per heavy atom. The number of thiol groups is 1. The Morgan fingerprint density at radius 3 is 2.67 bits per heavy atom. The molecule has 1 aromatic heterocycles. The summed E-state index contributed by atoms with van der Waals surface area (Å²) < 4.78 is 0. The zero-order chi connectivity index (χ0) is 6.85. The molecule has 1 rings (SSSR count). The molecular weight excluding hydrogens is 136 g/mol. The molecule has 1 heterocycles. The first kappa shape index (κ1) is 6.35. The summed E-state index contributed by atoms with van der Waals surface area (Å²) in [5.74, 6) is -0.160. The van der Waals surface area contributed by atoms with Crippen molar-refractivity contribution in [3.63, 3.8) is 0 Å². The van der Waals surface area contributed by atoms with E-state index in [0.717, 1.165) is 0 Å². The average Bonchev–Trinajstić information content (AvgIpc) is 1.59. The molecule has 4 heteroatoms. The molecule has 0 spiro atoms. The van der Waals surface area contributed by atoms with Crippen LogP contribution in [0.5, 0.6) is 5.88 Å². The maximum absolute atomic E-state index is 8.74. The van der Waals surface area contributed by atoms with E-state index in [9.17, 15) is 0 Å². The summed E-state index contributed by atoms with van der Waals surface area (Å²) in [5.41, 5.74) is 0.590. The Labute approximate surface area is 58.2 Å².